The molecule has 1 aromatic carbocycles. The first-order chi connectivity index (χ1) is 13.6. The Labute approximate surface area is 165 Å². The number of aliphatic hydroxyl groups is 1. The highest BCUT2D eigenvalue weighted by Gasteiger charge is 2.10. The third-order valence-corrected chi connectivity index (χ3v) is 3.61. The topological polar surface area (TPSA) is 129 Å². The summed E-state index contributed by atoms with van der Waals surface area (Å²) in [6.45, 7) is 3.76. The highest BCUT2D eigenvalue weighted by Crippen LogP contribution is 2.13. The van der Waals surface area contributed by atoms with E-state index in [4.69, 9.17) is 24.7 Å². The zero-order chi connectivity index (χ0) is 20.5. The van der Waals surface area contributed by atoms with Crippen LogP contribution in [-0.2, 0) is 23.7 Å². The van der Waals surface area contributed by atoms with Gasteiger partial charge in [0, 0.05) is 24.1 Å². The number of amides is 1. The van der Waals surface area contributed by atoms with Crippen LogP contribution in [-0.4, -0.2) is 76.7 Å². The predicted octanol–water partition coefficient (Wildman–Crippen LogP) is 0.0214. The van der Waals surface area contributed by atoms with Crippen molar-refractivity contribution in [2.75, 3.05) is 59.4 Å². The van der Waals surface area contributed by atoms with Crippen LogP contribution in [0.3, 0.4) is 0 Å². The molecule has 0 spiro atoms. The number of nitrogens with one attached hydrogen (secondary N) is 1. The summed E-state index contributed by atoms with van der Waals surface area (Å²) in [5, 5.41) is 12.9. The van der Waals surface area contributed by atoms with Crippen LogP contribution in [0.1, 0.15) is 28.6 Å². The van der Waals surface area contributed by atoms with Crippen molar-refractivity contribution in [3.63, 3.8) is 0 Å². The first-order valence-electron chi connectivity index (χ1n) is 9.20. The Balaban J connectivity index is 1.88. The van der Waals surface area contributed by atoms with Gasteiger partial charge in [-0.05, 0) is 0 Å². The Hall–Kier alpha value is -1.88. The molecule has 1 aromatic rings. The van der Waals surface area contributed by atoms with Crippen LogP contribution in [0.4, 0.5) is 0 Å². The summed E-state index contributed by atoms with van der Waals surface area (Å²) in [4.78, 5) is 21.4. The third-order valence-electron chi connectivity index (χ3n) is 3.61. The number of aliphatic hydroxyl groups excluding tert-OH is 1. The highest BCUT2D eigenvalue weighted by molar-refractivity contribution is 5.77. The van der Waals surface area contributed by atoms with Gasteiger partial charge in [0.15, 0.2) is 0 Å². The monoisotopic (exact) mass is 398 g/mol. The van der Waals surface area contributed by atoms with Gasteiger partial charge in [0.05, 0.1) is 52.9 Å². The number of ether oxygens (including phenoxy) is 4. The molecule has 0 saturated carbocycles. The molecule has 0 fully saturated rings. The number of carbonyl (C=O) groups is 2. The lowest BCUT2D eigenvalue weighted by atomic mass is 10.1. The molecule has 0 aliphatic heterocycles. The summed E-state index contributed by atoms with van der Waals surface area (Å²) in [6, 6.07) is 6.86. The molecule has 1 atom stereocenters. The minimum atomic E-state index is -0.918. The van der Waals surface area contributed by atoms with Crippen molar-refractivity contribution in [2.24, 2.45) is 5.73 Å². The van der Waals surface area contributed by atoms with Crippen LogP contribution in [0.5, 0.6) is 0 Å². The lowest BCUT2D eigenvalue weighted by Crippen LogP contribution is -2.26. The van der Waals surface area contributed by atoms with Crippen molar-refractivity contribution in [1.29, 1.82) is 0 Å². The van der Waals surface area contributed by atoms with Gasteiger partial charge in [0.25, 0.3) is 0 Å². The van der Waals surface area contributed by atoms with E-state index in [1.807, 2.05) is 0 Å². The minimum absolute atomic E-state index is 0.212. The fourth-order valence-electron chi connectivity index (χ4n) is 2.18. The third kappa shape index (κ3) is 11.8. The molecule has 4 N–H and O–H groups in total. The van der Waals surface area contributed by atoms with Crippen LogP contribution in [0.25, 0.3) is 0 Å². The number of aldehydes is 1. The van der Waals surface area contributed by atoms with E-state index >= 15 is 0 Å². The molecule has 0 aliphatic rings. The summed E-state index contributed by atoms with van der Waals surface area (Å²) >= 11 is 0. The van der Waals surface area contributed by atoms with E-state index in [2.05, 4.69) is 5.32 Å². The Bertz CT molecular complexity index is 557. The maximum atomic E-state index is 10.9. The van der Waals surface area contributed by atoms with Crippen molar-refractivity contribution in [3.8, 4) is 0 Å². The second kappa shape index (κ2) is 16.1. The molecule has 1 rings (SSSR count). The zero-order valence-electron chi connectivity index (χ0n) is 16.0. The van der Waals surface area contributed by atoms with Crippen LogP contribution in [0.15, 0.2) is 24.3 Å². The normalized spacial score (nSPS) is 12.0. The fraction of sp³-hybridized carbons (Fsp3) is 0.579. The number of benzene rings is 1. The second-order valence-corrected chi connectivity index (χ2v) is 5.77. The summed E-state index contributed by atoms with van der Waals surface area (Å²) < 4.78 is 21.2. The summed E-state index contributed by atoms with van der Waals surface area (Å²) in [5.41, 5.74) is 5.98. The van der Waals surface area contributed by atoms with E-state index in [0.717, 1.165) is 6.29 Å². The Kier molecular flexibility index (Phi) is 13.9. The molecule has 0 aliphatic carbocycles. The van der Waals surface area contributed by atoms with Crippen LogP contribution in [0.2, 0.25) is 0 Å². The SMILES string of the molecule is NC(=O)CCOCCOCCOCCOCCNC(O)c1ccccc1C=O. The number of primary amides is 1. The number of rotatable bonds is 18. The van der Waals surface area contributed by atoms with Gasteiger partial charge in [0.2, 0.25) is 5.91 Å². The summed E-state index contributed by atoms with van der Waals surface area (Å²) in [5.74, 6) is -0.383. The maximum absolute atomic E-state index is 10.9. The Morgan fingerprint density at radius 3 is 2.07 bits per heavy atom. The van der Waals surface area contributed by atoms with Crippen LogP contribution in [0, 0.1) is 0 Å². The molecular weight excluding hydrogens is 368 g/mol. The van der Waals surface area contributed by atoms with Crippen LogP contribution < -0.4 is 11.1 Å². The van der Waals surface area contributed by atoms with Gasteiger partial charge in [-0.2, -0.15) is 0 Å². The molecule has 0 aromatic heterocycles. The molecule has 28 heavy (non-hydrogen) atoms. The van der Waals surface area contributed by atoms with Gasteiger partial charge >= 0.3 is 0 Å². The molecule has 1 amide bonds. The van der Waals surface area contributed by atoms with Gasteiger partial charge < -0.3 is 29.8 Å². The van der Waals surface area contributed by atoms with Crippen molar-refractivity contribution in [2.45, 2.75) is 12.6 Å². The largest absolute Gasteiger partial charge is 0.379 e. The first kappa shape index (κ1) is 24.2. The van der Waals surface area contributed by atoms with Crippen molar-refractivity contribution in [1.82, 2.24) is 5.32 Å². The number of hydrogen-bond acceptors (Lipinski definition) is 8. The second-order valence-electron chi connectivity index (χ2n) is 5.77. The predicted molar refractivity (Wildman–Crippen MR) is 102 cm³/mol. The zero-order valence-corrected chi connectivity index (χ0v) is 16.0. The highest BCUT2D eigenvalue weighted by atomic mass is 16.6. The number of nitrogens with two attached hydrogens (primary N) is 1. The molecule has 0 radical (unpaired) electrons. The van der Waals surface area contributed by atoms with E-state index < -0.39 is 6.23 Å². The minimum Gasteiger partial charge on any atom is -0.379 e. The van der Waals surface area contributed by atoms with Gasteiger partial charge in [-0.3, -0.25) is 14.9 Å². The molecule has 0 bridgehead atoms. The Morgan fingerprint density at radius 2 is 1.50 bits per heavy atom. The average molecular weight is 398 g/mol. The molecular formula is C19H30N2O7. The summed E-state index contributed by atoms with van der Waals surface area (Å²) in [7, 11) is 0. The molecule has 158 valence electrons. The first-order valence-corrected chi connectivity index (χ1v) is 9.20. The van der Waals surface area contributed by atoms with Gasteiger partial charge in [-0.25, -0.2) is 0 Å². The van der Waals surface area contributed by atoms with E-state index in [-0.39, 0.29) is 12.3 Å². The van der Waals surface area contributed by atoms with Gasteiger partial charge in [0.1, 0.15) is 12.5 Å². The van der Waals surface area contributed by atoms with E-state index in [1.54, 1.807) is 24.3 Å². The summed E-state index contributed by atoms with van der Waals surface area (Å²) in [6.07, 6.45) is 0.0107. The quantitative estimate of drug-likeness (QED) is 0.179. The average Bonchev–Trinajstić information content (AvgIpc) is 2.70. The maximum Gasteiger partial charge on any atom is 0.219 e. The van der Waals surface area contributed by atoms with E-state index in [1.165, 1.54) is 0 Å². The van der Waals surface area contributed by atoms with Crippen molar-refractivity contribution >= 4 is 12.2 Å². The lowest BCUT2D eigenvalue weighted by Gasteiger charge is -2.15. The fourth-order valence-corrected chi connectivity index (χ4v) is 2.18. The smallest absolute Gasteiger partial charge is 0.219 e. The lowest BCUT2D eigenvalue weighted by molar-refractivity contribution is -0.119. The molecule has 9 nitrogen and oxygen atoms in total. The molecule has 0 saturated heterocycles. The molecule has 1 unspecified atom stereocenters. The number of carbonyl (C=O) groups excluding carboxylic acids is 2. The molecule has 0 heterocycles. The van der Waals surface area contributed by atoms with E-state index in [9.17, 15) is 14.7 Å². The van der Waals surface area contributed by atoms with Crippen molar-refractivity contribution in [3.05, 3.63) is 35.4 Å². The number of hydrogen-bond donors (Lipinski definition) is 3. The standard InChI is InChI=1S/C19H30N2O7/c20-18(23)5-7-25-9-11-27-13-14-28-12-10-26-8-6-21-19(24)17-4-2-1-3-16(17)15-22/h1-4,15,19,21,24H,5-14H2,(H2,20,23). The van der Waals surface area contributed by atoms with Crippen LogP contribution >= 0.6 is 0 Å². The van der Waals surface area contributed by atoms with Crippen molar-refractivity contribution < 1.29 is 33.6 Å². The van der Waals surface area contributed by atoms with Gasteiger partial charge in [-0.15, -0.1) is 0 Å². The van der Waals surface area contributed by atoms with Gasteiger partial charge in [-0.1, -0.05) is 24.3 Å². The molecule has 9 heteroatoms. The Morgan fingerprint density at radius 1 is 0.964 bits per heavy atom. The van der Waals surface area contributed by atoms with E-state index in [0.29, 0.717) is 70.5 Å².